The number of rotatable bonds is 5. The number of benzene rings is 1. The summed E-state index contributed by atoms with van der Waals surface area (Å²) < 4.78 is 43.0. The molecule has 2 aromatic rings. The molecule has 0 saturated heterocycles. The van der Waals surface area contributed by atoms with Crippen LogP contribution in [0, 0.1) is 5.92 Å². The van der Waals surface area contributed by atoms with E-state index in [0.717, 1.165) is 23.9 Å². The van der Waals surface area contributed by atoms with Crippen molar-refractivity contribution in [2.45, 2.75) is 25.4 Å². The van der Waals surface area contributed by atoms with Crippen molar-refractivity contribution in [1.82, 2.24) is 4.98 Å². The molecule has 0 N–H and O–H groups in total. The van der Waals surface area contributed by atoms with Gasteiger partial charge in [-0.25, -0.2) is 4.98 Å². The van der Waals surface area contributed by atoms with Gasteiger partial charge < -0.3 is 9.57 Å². The van der Waals surface area contributed by atoms with E-state index in [0.29, 0.717) is 12.1 Å². The SMILES string of the molecule is COc1ccc(C2CC2C(C)=NOc2ncc(C(F)(F)F)cc2Cl)cc1. The second-order valence-electron chi connectivity index (χ2n) is 6.05. The Morgan fingerprint density at radius 3 is 2.54 bits per heavy atom. The first-order chi connectivity index (χ1) is 12.3. The van der Waals surface area contributed by atoms with E-state index in [1.165, 1.54) is 5.56 Å². The zero-order valence-electron chi connectivity index (χ0n) is 14.0. The lowest BCUT2D eigenvalue weighted by Crippen LogP contribution is -2.06. The number of hydrogen-bond acceptors (Lipinski definition) is 4. The Labute approximate surface area is 153 Å². The summed E-state index contributed by atoms with van der Waals surface area (Å²) in [6.07, 6.45) is -2.91. The smallest absolute Gasteiger partial charge is 0.417 e. The van der Waals surface area contributed by atoms with Gasteiger partial charge in [-0.1, -0.05) is 28.9 Å². The number of pyridine rings is 1. The molecule has 138 valence electrons. The molecule has 1 aliphatic carbocycles. The van der Waals surface area contributed by atoms with E-state index >= 15 is 0 Å². The van der Waals surface area contributed by atoms with Crippen LogP contribution in [0.15, 0.2) is 41.7 Å². The number of ether oxygens (including phenoxy) is 1. The molecule has 1 fully saturated rings. The number of nitrogens with zero attached hydrogens (tertiary/aromatic N) is 2. The summed E-state index contributed by atoms with van der Waals surface area (Å²) >= 11 is 5.80. The van der Waals surface area contributed by atoms with Crippen LogP contribution in [-0.4, -0.2) is 17.8 Å². The van der Waals surface area contributed by atoms with Gasteiger partial charge in [0.1, 0.15) is 10.8 Å². The highest BCUT2D eigenvalue weighted by atomic mass is 35.5. The minimum Gasteiger partial charge on any atom is -0.497 e. The molecule has 1 heterocycles. The minimum absolute atomic E-state index is 0.152. The molecule has 26 heavy (non-hydrogen) atoms. The molecule has 1 aromatic carbocycles. The Kier molecular flexibility index (Phi) is 5.09. The predicted molar refractivity (Wildman–Crippen MR) is 91.8 cm³/mol. The molecule has 2 atom stereocenters. The Balaban J connectivity index is 1.64. The third kappa shape index (κ3) is 4.09. The van der Waals surface area contributed by atoms with Crippen LogP contribution in [0.4, 0.5) is 13.2 Å². The van der Waals surface area contributed by atoms with Crippen LogP contribution in [0.2, 0.25) is 5.02 Å². The highest BCUT2D eigenvalue weighted by Gasteiger charge is 2.41. The number of hydrogen-bond donors (Lipinski definition) is 0. The van der Waals surface area contributed by atoms with Crippen molar-refractivity contribution in [1.29, 1.82) is 0 Å². The number of oxime groups is 1. The average molecular weight is 385 g/mol. The Bertz CT molecular complexity index is 822. The normalized spacial score (nSPS) is 20.0. The summed E-state index contributed by atoms with van der Waals surface area (Å²) in [7, 11) is 1.61. The average Bonchev–Trinajstić information content (AvgIpc) is 3.40. The van der Waals surface area contributed by atoms with E-state index in [1.807, 2.05) is 31.2 Å². The van der Waals surface area contributed by atoms with E-state index in [9.17, 15) is 13.2 Å². The predicted octanol–water partition coefficient (Wildman–Crippen LogP) is 5.32. The van der Waals surface area contributed by atoms with Crippen molar-refractivity contribution in [2.75, 3.05) is 7.11 Å². The lowest BCUT2D eigenvalue weighted by atomic mass is 10.1. The molecule has 3 rings (SSSR count). The quantitative estimate of drug-likeness (QED) is 0.517. The summed E-state index contributed by atoms with van der Waals surface area (Å²) in [6, 6.07) is 8.59. The zero-order valence-corrected chi connectivity index (χ0v) is 14.8. The molecule has 0 amide bonds. The van der Waals surface area contributed by atoms with E-state index < -0.39 is 11.7 Å². The Morgan fingerprint density at radius 1 is 1.27 bits per heavy atom. The van der Waals surface area contributed by atoms with E-state index in [2.05, 4.69) is 10.1 Å². The first-order valence-corrected chi connectivity index (χ1v) is 8.25. The van der Waals surface area contributed by atoms with Gasteiger partial charge in [-0.15, -0.1) is 0 Å². The molecule has 1 aliphatic rings. The fourth-order valence-electron chi connectivity index (χ4n) is 2.71. The molecule has 1 saturated carbocycles. The zero-order chi connectivity index (χ0) is 18.9. The topological polar surface area (TPSA) is 43.7 Å². The van der Waals surface area contributed by atoms with Gasteiger partial charge in [0.05, 0.1) is 18.4 Å². The summed E-state index contributed by atoms with van der Waals surface area (Å²) in [4.78, 5) is 8.74. The maximum atomic E-state index is 12.6. The molecule has 0 bridgehead atoms. The van der Waals surface area contributed by atoms with Crippen molar-refractivity contribution < 1.29 is 22.7 Å². The molecule has 8 heteroatoms. The summed E-state index contributed by atoms with van der Waals surface area (Å²) in [5, 5.41) is 3.75. The van der Waals surface area contributed by atoms with Gasteiger partial charge in [0.2, 0.25) is 0 Å². The number of alkyl halides is 3. The van der Waals surface area contributed by atoms with Gasteiger partial charge >= 0.3 is 6.18 Å². The van der Waals surface area contributed by atoms with E-state index in [1.54, 1.807) is 7.11 Å². The molecule has 1 aromatic heterocycles. The first kappa shape index (κ1) is 18.5. The maximum absolute atomic E-state index is 12.6. The van der Waals surface area contributed by atoms with Crippen molar-refractivity contribution in [3.8, 4) is 11.6 Å². The number of aromatic nitrogens is 1. The fourth-order valence-corrected chi connectivity index (χ4v) is 2.91. The van der Waals surface area contributed by atoms with Crippen molar-refractivity contribution in [2.24, 2.45) is 11.1 Å². The third-order valence-corrected chi connectivity index (χ3v) is 4.55. The largest absolute Gasteiger partial charge is 0.497 e. The van der Waals surface area contributed by atoms with E-state index in [4.69, 9.17) is 21.2 Å². The molecular weight excluding hydrogens is 369 g/mol. The van der Waals surface area contributed by atoms with Gasteiger partial charge in [0.15, 0.2) is 0 Å². The molecule has 0 radical (unpaired) electrons. The van der Waals surface area contributed by atoms with Crippen LogP contribution in [0.25, 0.3) is 0 Å². The van der Waals surface area contributed by atoms with Crippen LogP contribution >= 0.6 is 11.6 Å². The molecule has 2 unspecified atom stereocenters. The van der Waals surface area contributed by atoms with Gasteiger partial charge in [0.25, 0.3) is 5.88 Å². The molecule has 0 aliphatic heterocycles. The van der Waals surface area contributed by atoms with Crippen molar-refractivity contribution in [3.63, 3.8) is 0 Å². The standard InChI is InChI=1S/C18H16ClF3N2O2/c1-10(14-8-15(14)11-3-5-13(25-2)6-4-11)24-26-17-16(19)7-12(9-23-17)18(20,21)22/h3-7,9,14-15H,8H2,1-2H3. The van der Waals surface area contributed by atoms with E-state index in [-0.39, 0.29) is 16.8 Å². The van der Waals surface area contributed by atoms with Gasteiger partial charge in [-0.3, -0.25) is 0 Å². The lowest BCUT2D eigenvalue weighted by molar-refractivity contribution is -0.137. The second-order valence-corrected chi connectivity index (χ2v) is 6.46. The maximum Gasteiger partial charge on any atom is 0.417 e. The van der Waals surface area contributed by atoms with Gasteiger partial charge in [-0.2, -0.15) is 13.2 Å². The summed E-state index contributed by atoms with van der Waals surface area (Å²) in [5.41, 5.74) is 0.983. The van der Waals surface area contributed by atoms with Crippen LogP contribution in [-0.2, 0) is 6.18 Å². The number of methoxy groups -OCH3 is 1. The van der Waals surface area contributed by atoms with Crippen molar-refractivity contribution >= 4 is 17.3 Å². The molecule has 4 nitrogen and oxygen atoms in total. The monoisotopic (exact) mass is 384 g/mol. The van der Waals surface area contributed by atoms with Crippen LogP contribution < -0.4 is 9.57 Å². The molecular formula is C18H16ClF3N2O2. The lowest BCUT2D eigenvalue weighted by Gasteiger charge is -2.08. The second kappa shape index (κ2) is 7.15. The summed E-state index contributed by atoms with van der Waals surface area (Å²) in [5.74, 6) is 1.20. The van der Waals surface area contributed by atoms with Crippen LogP contribution in [0.3, 0.4) is 0 Å². The highest BCUT2D eigenvalue weighted by molar-refractivity contribution is 6.31. The Morgan fingerprint density at radius 2 is 1.96 bits per heavy atom. The van der Waals surface area contributed by atoms with Gasteiger partial charge in [-0.05, 0) is 43.0 Å². The van der Waals surface area contributed by atoms with Crippen LogP contribution in [0.1, 0.15) is 30.4 Å². The van der Waals surface area contributed by atoms with Gasteiger partial charge in [0, 0.05) is 12.1 Å². The number of halogens is 4. The highest BCUT2D eigenvalue weighted by Crippen LogP contribution is 2.48. The first-order valence-electron chi connectivity index (χ1n) is 7.87. The fraction of sp³-hybridized carbons (Fsp3) is 0.333. The summed E-state index contributed by atoms with van der Waals surface area (Å²) in [6.45, 7) is 1.81. The van der Waals surface area contributed by atoms with Crippen LogP contribution in [0.5, 0.6) is 11.6 Å². The Hall–Kier alpha value is -2.28. The minimum atomic E-state index is -4.51. The third-order valence-electron chi connectivity index (χ3n) is 4.28. The van der Waals surface area contributed by atoms with Crippen molar-refractivity contribution in [3.05, 3.63) is 52.7 Å². The molecule has 0 spiro atoms.